The molecule has 0 aliphatic rings. The molecule has 8 nitrogen and oxygen atoms in total. The Hall–Kier alpha value is -4.25. The molecule has 0 saturated heterocycles. The highest BCUT2D eigenvalue weighted by Crippen LogP contribution is 2.31. The van der Waals surface area contributed by atoms with Crippen molar-refractivity contribution in [2.75, 3.05) is 11.5 Å². The summed E-state index contributed by atoms with van der Waals surface area (Å²) < 4.78 is 43.7. The Balaban J connectivity index is 1.67. The number of aromatic nitrogens is 6. The van der Waals surface area contributed by atoms with Crippen LogP contribution in [0.3, 0.4) is 0 Å². The van der Waals surface area contributed by atoms with Crippen molar-refractivity contribution in [1.82, 2.24) is 29.7 Å². The highest BCUT2D eigenvalue weighted by molar-refractivity contribution is 6.31. The zero-order chi connectivity index (χ0) is 24.0. The second kappa shape index (κ2) is 8.27. The highest BCUT2D eigenvalue weighted by atomic mass is 35.5. The summed E-state index contributed by atoms with van der Waals surface area (Å²) in [6, 6.07) is 6.40. The summed E-state index contributed by atoms with van der Waals surface area (Å²) >= 11 is 6.15. The molecule has 0 bridgehead atoms. The SMILES string of the molecule is Nc1nc(-n2nc(Cc3c(F)ccc(F)c3F)c3cc(Cl)ccc32)nc(N)c1-c1cnccn1. The third kappa shape index (κ3) is 3.65. The lowest BCUT2D eigenvalue weighted by molar-refractivity contribution is 0.482. The van der Waals surface area contributed by atoms with Crippen LogP contribution in [-0.4, -0.2) is 29.7 Å². The molecule has 3 heterocycles. The molecule has 2 aromatic carbocycles. The predicted octanol–water partition coefficient (Wildman–Crippen LogP) is 4.10. The predicted molar refractivity (Wildman–Crippen MR) is 121 cm³/mol. The van der Waals surface area contributed by atoms with E-state index in [2.05, 4.69) is 25.0 Å². The van der Waals surface area contributed by atoms with Gasteiger partial charge in [0.2, 0.25) is 0 Å². The number of hydrogen-bond donors (Lipinski definition) is 2. The summed E-state index contributed by atoms with van der Waals surface area (Å²) in [5.41, 5.74) is 13.2. The molecule has 0 aliphatic carbocycles. The van der Waals surface area contributed by atoms with Gasteiger partial charge in [0.1, 0.15) is 17.5 Å². The Morgan fingerprint density at radius 3 is 2.38 bits per heavy atom. The van der Waals surface area contributed by atoms with E-state index in [0.717, 1.165) is 12.1 Å². The first kappa shape index (κ1) is 21.6. The van der Waals surface area contributed by atoms with E-state index in [4.69, 9.17) is 23.1 Å². The van der Waals surface area contributed by atoms with Gasteiger partial charge in [-0.25, -0.2) is 13.2 Å². The third-order valence-corrected chi connectivity index (χ3v) is 5.40. The largest absolute Gasteiger partial charge is 0.383 e. The van der Waals surface area contributed by atoms with Gasteiger partial charge in [-0.15, -0.1) is 0 Å². The normalized spacial score (nSPS) is 11.3. The van der Waals surface area contributed by atoms with E-state index >= 15 is 0 Å². The minimum absolute atomic E-state index is 0.0152. The second-order valence-electron chi connectivity index (χ2n) is 7.28. The molecule has 0 amide bonds. The van der Waals surface area contributed by atoms with Gasteiger partial charge in [0.15, 0.2) is 11.6 Å². The van der Waals surface area contributed by atoms with Gasteiger partial charge in [0.25, 0.3) is 5.95 Å². The third-order valence-electron chi connectivity index (χ3n) is 5.16. The fourth-order valence-electron chi connectivity index (χ4n) is 3.60. The molecule has 4 N–H and O–H groups in total. The molecular weight excluding hydrogens is 469 g/mol. The van der Waals surface area contributed by atoms with Gasteiger partial charge < -0.3 is 11.5 Å². The highest BCUT2D eigenvalue weighted by Gasteiger charge is 2.21. The Morgan fingerprint density at radius 1 is 0.941 bits per heavy atom. The molecule has 0 unspecified atom stereocenters. The molecule has 34 heavy (non-hydrogen) atoms. The number of hydrogen-bond acceptors (Lipinski definition) is 7. The Morgan fingerprint density at radius 2 is 1.68 bits per heavy atom. The Kier molecular flexibility index (Phi) is 5.25. The fraction of sp³-hybridized carbons (Fsp3) is 0.0455. The summed E-state index contributed by atoms with van der Waals surface area (Å²) in [4.78, 5) is 16.8. The minimum atomic E-state index is -1.29. The number of fused-ring (bicyclic) bond motifs is 1. The van der Waals surface area contributed by atoms with Crippen molar-refractivity contribution in [2.45, 2.75) is 6.42 Å². The molecule has 0 aliphatic heterocycles. The quantitative estimate of drug-likeness (QED) is 0.370. The van der Waals surface area contributed by atoms with Crippen LogP contribution < -0.4 is 11.5 Å². The summed E-state index contributed by atoms with van der Waals surface area (Å²) in [6.07, 6.45) is 4.10. The number of nitrogen functional groups attached to an aromatic ring is 2. The van der Waals surface area contributed by atoms with E-state index in [1.807, 2.05) is 0 Å². The molecule has 0 radical (unpaired) electrons. The van der Waals surface area contributed by atoms with Crippen LogP contribution in [0.2, 0.25) is 5.02 Å². The van der Waals surface area contributed by atoms with E-state index in [-0.39, 0.29) is 29.7 Å². The lowest BCUT2D eigenvalue weighted by Crippen LogP contribution is -2.10. The standard InChI is InChI=1S/C22H14ClF3N8/c23-10-1-4-17-12(7-10)15(8-11-13(24)2-3-14(25)19(11)26)33-34(17)22-31-20(27)18(21(28)32-22)16-9-29-5-6-30-16/h1-7,9H,8H2,(H4,27,28,31,32). The van der Waals surface area contributed by atoms with Crippen molar-refractivity contribution < 1.29 is 13.2 Å². The molecule has 5 aromatic rings. The molecule has 0 saturated carbocycles. The van der Waals surface area contributed by atoms with E-state index in [1.54, 1.807) is 18.2 Å². The van der Waals surface area contributed by atoms with Crippen molar-refractivity contribution in [1.29, 1.82) is 0 Å². The first-order valence-electron chi connectivity index (χ1n) is 9.82. The van der Waals surface area contributed by atoms with E-state index < -0.39 is 23.0 Å². The van der Waals surface area contributed by atoms with E-state index in [9.17, 15) is 13.2 Å². The molecule has 0 fully saturated rings. The summed E-state index contributed by atoms with van der Waals surface area (Å²) in [6.45, 7) is 0. The smallest absolute Gasteiger partial charge is 0.255 e. The number of rotatable bonds is 4. The Bertz CT molecular complexity index is 1530. The zero-order valence-electron chi connectivity index (χ0n) is 17.2. The topological polar surface area (TPSA) is 121 Å². The molecule has 0 atom stereocenters. The van der Waals surface area contributed by atoms with Gasteiger partial charge in [-0.3, -0.25) is 9.97 Å². The first-order chi connectivity index (χ1) is 16.3. The zero-order valence-corrected chi connectivity index (χ0v) is 17.9. The van der Waals surface area contributed by atoms with Gasteiger partial charge >= 0.3 is 0 Å². The van der Waals surface area contributed by atoms with Gasteiger partial charge in [0, 0.05) is 34.8 Å². The van der Waals surface area contributed by atoms with Crippen LogP contribution in [0.4, 0.5) is 24.8 Å². The number of anilines is 2. The number of benzene rings is 2. The van der Waals surface area contributed by atoms with Crippen LogP contribution in [0.5, 0.6) is 0 Å². The van der Waals surface area contributed by atoms with Crippen LogP contribution in [0.25, 0.3) is 28.1 Å². The molecule has 0 spiro atoms. The molecule has 3 aromatic heterocycles. The fourth-order valence-corrected chi connectivity index (χ4v) is 3.78. The van der Waals surface area contributed by atoms with Crippen LogP contribution in [-0.2, 0) is 6.42 Å². The maximum Gasteiger partial charge on any atom is 0.255 e. The molecule has 12 heteroatoms. The summed E-state index contributed by atoms with van der Waals surface area (Å²) in [5.74, 6) is -3.28. The monoisotopic (exact) mass is 482 g/mol. The second-order valence-corrected chi connectivity index (χ2v) is 7.71. The van der Waals surface area contributed by atoms with Crippen LogP contribution in [0.1, 0.15) is 11.3 Å². The lowest BCUT2D eigenvalue weighted by atomic mass is 10.1. The average molecular weight is 483 g/mol. The van der Waals surface area contributed by atoms with Crippen molar-refractivity contribution in [2.24, 2.45) is 0 Å². The maximum absolute atomic E-state index is 14.3. The van der Waals surface area contributed by atoms with Crippen LogP contribution >= 0.6 is 11.6 Å². The maximum atomic E-state index is 14.3. The van der Waals surface area contributed by atoms with E-state index in [0.29, 0.717) is 27.2 Å². The van der Waals surface area contributed by atoms with Crippen molar-refractivity contribution in [3.05, 3.63) is 82.7 Å². The number of nitrogens with zero attached hydrogens (tertiary/aromatic N) is 6. The molecule has 170 valence electrons. The van der Waals surface area contributed by atoms with E-state index in [1.165, 1.54) is 23.3 Å². The average Bonchev–Trinajstić information content (AvgIpc) is 3.17. The summed E-state index contributed by atoms with van der Waals surface area (Å²) in [5, 5.41) is 5.26. The van der Waals surface area contributed by atoms with Crippen molar-refractivity contribution in [3.8, 4) is 17.2 Å². The van der Waals surface area contributed by atoms with Gasteiger partial charge in [-0.1, -0.05) is 11.6 Å². The van der Waals surface area contributed by atoms with Crippen LogP contribution in [0.15, 0.2) is 48.9 Å². The minimum Gasteiger partial charge on any atom is -0.383 e. The number of halogens is 4. The van der Waals surface area contributed by atoms with Gasteiger partial charge in [-0.05, 0) is 30.3 Å². The van der Waals surface area contributed by atoms with Crippen LogP contribution in [0, 0.1) is 17.5 Å². The Labute approximate surface area is 195 Å². The van der Waals surface area contributed by atoms with Crippen molar-refractivity contribution >= 4 is 34.1 Å². The van der Waals surface area contributed by atoms with Crippen molar-refractivity contribution in [3.63, 3.8) is 0 Å². The number of nitrogens with two attached hydrogens (primary N) is 2. The first-order valence-corrected chi connectivity index (χ1v) is 10.2. The summed E-state index contributed by atoms with van der Waals surface area (Å²) in [7, 11) is 0. The van der Waals surface area contributed by atoms with Gasteiger partial charge in [0.05, 0.1) is 28.7 Å². The molecule has 5 rings (SSSR count). The molecular formula is C22H14ClF3N8. The lowest BCUT2D eigenvalue weighted by Gasteiger charge is -2.10. The van der Waals surface area contributed by atoms with Gasteiger partial charge in [-0.2, -0.15) is 19.7 Å².